The molecule has 0 heterocycles. The highest BCUT2D eigenvalue weighted by molar-refractivity contribution is 5.52. The van der Waals surface area contributed by atoms with Gasteiger partial charge in [0.15, 0.2) is 0 Å². The van der Waals surface area contributed by atoms with E-state index in [1.54, 1.807) is 6.07 Å². The van der Waals surface area contributed by atoms with Crippen molar-refractivity contribution in [3.05, 3.63) is 29.6 Å². The molecule has 0 fully saturated rings. The summed E-state index contributed by atoms with van der Waals surface area (Å²) < 4.78 is 12.6. The normalized spacial score (nSPS) is 8.33. The Labute approximate surface area is 67.8 Å². The summed E-state index contributed by atoms with van der Waals surface area (Å²) in [5.74, 6) is -0.623. The molecule has 0 saturated carbocycles. The summed E-state index contributed by atoms with van der Waals surface area (Å²) in [4.78, 5) is 13.0. The number of halogens is 1. The van der Waals surface area contributed by atoms with E-state index in [4.69, 9.17) is 5.26 Å². The minimum atomic E-state index is -0.623. The SMILES string of the molecule is N#Cc1cc(N=C=O)ccc1F. The number of isocyanates is 1. The fraction of sp³-hybridized carbons (Fsp3) is 0. The molecule has 4 heteroatoms. The molecule has 0 amide bonds. The third-order valence-electron chi connectivity index (χ3n) is 1.25. The summed E-state index contributed by atoms with van der Waals surface area (Å²) in [6.45, 7) is 0. The predicted octanol–water partition coefficient (Wildman–Crippen LogP) is 1.66. The second-order valence-corrected chi connectivity index (χ2v) is 1.98. The van der Waals surface area contributed by atoms with Gasteiger partial charge in [0.1, 0.15) is 11.9 Å². The molecule has 0 aliphatic rings. The van der Waals surface area contributed by atoms with E-state index < -0.39 is 5.82 Å². The zero-order chi connectivity index (χ0) is 8.97. The highest BCUT2D eigenvalue weighted by Gasteiger charge is 2.00. The third kappa shape index (κ3) is 1.54. The number of rotatable bonds is 1. The number of hydrogen-bond acceptors (Lipinski definition) is 3. The number of nitrogens with zero attached hydrogens (tertiary/aromatic N) is 2. The molecular formula is C8H3FN2O. The molecule has 0 N–H and O–H groups in total. The number of carbonyl (C=O) groups excluding carboxylic acids is 1. The van der Waals surface area contributed by atoms with Crippen LogP contribution in [0, 0.1) is 17.1 Å². The molecule has 0 unspecified atom stereocenters. The Balaban J connectivity index is 3.24. The largest absolute Gasteiger partial charge is 0.240 e. The maximum absolute atomic E-state index is 12.6. The summed E-state index contributed by atoms with van der Waals surface area (Å²) in [5.41, 5.74) is 0.0921. The van der Waals surface area contributed by atoms with Crippen LogP contribution in [0.25, 0.3) is 0 Å². The molecule has 0 saturated heterocycles. The van der Waals surface area contributed by atoms with Crippen molar-refractivity contribution in [2.24, 2.45) is 4.99 Å². The van der Waals surface area contributed by atoms with Gasteiger partial charge in [-0.2, -0.15) is 10.3 Å². The number of nitriles is 1. The lowest BCUT2D eigenvalue weighted by molar-refractivity contribution is 0.565. The Hall–Kier alpha value is -1.98. The van der Waals surface area contributed by atoms with Gasteiger partial charge in [-0.05, 0) is 18.2 Å². The van der Waals surface area contributed by atoms with Crippen LogP contribution in [0.15, 0.2) is 23.2 Å². The highest BCUT2D eigenvalue weighted by Crippen LogP contribution is 2.15. The van der Waals surface area contributed by atoms with Crippen molar-refractivity contribution in [1.29, 1.82) is 5.26 Å². The van der Waals surface area contributed by atoms with Crippen LogP contribution in [0.2, 0.25) is 0 Å². The molecule has 0 aromatic heterocycles. The molecule has 1 aromatic rings. The standard InChI is InChI=1S/C8H3FN2O/c9-8-2-1-7(11-5-12)3-6(8)4-10/h1-3H. The molecule has 58 valence electrons. The van der Waals surface area contributed by atoms with Crippen molar-refractivity contribution in [2.75, 3.05) is 0 Å². The first kappa shape index (κ1) is 8.12. The molecule has 0 atom stereocenters. The van der Waals surface area contributed by atoms with Gasteiger partial charge in [-0.3, -0.25) is 0 Å². The Kier molecular flexibility index (Phi) is 2.32. The molecule has 0 spiro atoms. The Morgan fingerprint density at radius 2 is 2.25 bits per heavy atom. The van der Waals surface area contributed by atoms with Crippen LogP contribution in [0.5, 0.6) is 0 Å². The summed E-state index contributed by atoms with van der Waals surface area (Å²) >= 11 is 0. The average Bonchev–Trinajstić information content (AvgIpc) is 2.09. The molecule has 0 bridgehead atoms. The van der Waals surface area contributed by atoms with Crippen LogP contribution in [0.4, 0.5) is 10.1 Å². The molecular weight excluding hydrogens is 159 g/mol. The van der Waals surface area contributed by atoms with E-state index in [-0.39, 0.29) is 11.3 Å². The van der Waals surface area contributed by atoms with Crippen LogP contribution in [-0.4, -0.2) is 6.08 Å². The lowest BCUT2D eigenvalue weighted by Crippen LogP contribution is -1.80. The second kappa shape index (κ2) is 3.42. The molecule has 0 aliphatic carbocycles. The van der Waals surface area contributed by atoms with Gasteiger partial charge < -0.3 is 0 Å². The Bertz CT molecular complexity index is 389. The van der Waals surface area contributed by atoms with Gasteiger partial charge in [-0.15, -0.1) is 0 Å². The third-order valence-corrected chi connectivity index (χ3v) is 1.25. The van der Waals surface area contributed by atoms with Gasteiger partial charge >= 0.3 is 0 Å². The Morgan fingerprint density at radius 3 is 2.83 bits per heavy atom. The quantitative estimate of drug-likeness (QED) is 0.465. The van der Waals surface area contributed by atoms with Gasteiger partial charge in [0.2, 0.25) is 6.08 Å². The monoisotopic (exact) mass is 162 g/mol. The molecule has 1 rings (SSSR count). The second-order valence-electron chi connectivity index (χ2n) is 1.98. The lowest BCUT2D eigenvalue weighted by atomic mass is 10.2. The van der Waals surface area contributed by atoms with Crippen LogP contribution in [0.3, 0.4) is 0 Å². The van der Waals surface area contributed by atoms with Crippen LogP contribution in [0.1, 0.15) is 5.56 Å². The first-order valence-corrected chi connectivity index (χ1v) is 3.05. The van der Waals surface area contributed by atoms with Crippen molar-refractivity contribution < 1.29 is 9.18 Å². The van der Waals surface area contributed by atoms with Crippen LogP contribution >= 0.6 is 0 Å². The van der Waals surface area contributed by atoms with Crippen molar-refractivity contribution in [3.8, 4) is 6.07 Å². The lowest BCUT2D eigenvalue weighted by Gasteiger charge is -1.92. The maximum Gasteiger partial charge on any atom is 0.240 e. The fourth-order valence-corrected chi connectivity index (χ4v) is 0.721. The molecule has 1 aromatic carbocycles. The molecule has 0 radical (unpaired) electrons. The number of hydrogen-bond donors (Lipinski definition) is 0. The van der Waals surface area contributed by atoms with Gasteiger partial charge in [-0.1, -0.05) is 0 Å². The number of benzene rings is 1. The van der Waals surface area contributed by atoms with Crippen molar-refractivity contribution >= 4 is 11.8 Å². The maximum atomic E-state index is 12.6. The van der Waals surface area contributed by atoms with E-state index in [0.29, 0.717) is 0 Å². The molecule has 12 heavy (non-hydrogen) atoms. The zero-order valence-corrected chi connectivity index (χ0v) is 5.91. The minimum Gasteiger partial charge on any atom is -0.211 e. The Morgan fingerprint density at radius 1 is 1.50 bits per heavy atom. The first-order chi connectivity index (χ1) is 5.77. The van der Waals surface area contributed by atoms with Crippen molar-refractivity contribution in [3.63, 3.8) is 0 Å². The van der Waals surface area contributed by atoms with Crippen LogP contribution < -0.4 is 0 Å². The van der Waals surface area contributed by atoms with Crippen LogP contribution in [-0.2, 0) is 4.79 Å². The fourth-order valence-electron chi connectivity index (χ4n) is 0.721. The van der Waals surface area contributed by atoms with E-state index in [9.17, 15) is 9.18 Å². The van der Waals surface area contributed by atoms with Crippen molar-refractivity contribution in [2.45, 2.75) is 0 Å². The summed E-state index contributed by atoms with van der Waals surface area (Å²) in [6, 6.07) is 5.18. The van der Waals surface area contributed by atoms with Gasteiger partial charge in [-0.25, -0.2) is 9.18 Å². The van der Waals surface area contributed by atoms with Gasteiger partial charge in [0, 0.05) is 0 Å². The van der Waals surface area contributed by atoms with Gasteiger partial charge in [0.25, 0.3) is 0 Å². The summed E-state index contributed by atoms with van der Waals surface area (Å²) in [7, 11) is 0. The highest BCUT2D eigenvalue weighted by atomic mass is 19.1. The van der Waals surface area contributed by atoms with Crippen molar-refractivity contribution in [1.82, 2.24) is 0 Å². The van der Waals surface area contributed by atoms with Gasteiger partial charge in [0.05, 0.1) is 11.3 Å². The van der Waals surface area contributed by atoms with E-state index >= 15 is 0 Å². The van der Waals surface area contributed by atoms with E-state index in [1.165, 1.54) is 18.2 Å². The van der Waals surface area contributed by atoms with E-state index in [2.05, 4.69) is 4.99 Å². The topological polar surface area (TPSA) is 53.2 Å². The predicted molar refractivity (Wildman–Crippen MR) is 38.9 cm³/mol. The smallest absolute Gasteiger partial charge is 0.211 e. The first-order valence-electron chi connectivity index (χ1n) is 3.05. The zero-order valence-electron chi connectivity index (χ0n) is 5.91. The number of aliphatic imine (C=N–C) groups is 1. The summed E-state index contributed by atoms with van der Waals surface area (Å²) in [6.07, 6.45) is 1.30. The van der Waals surface area contributed by atoms with E-state index in [0.717, 1.165) is 6.07 Å². The summed E-state index contributed by atoms with van der Waals surface area (Å²) in [5, 5.41) is 8.38. The molecule has 3 nitrogen and oxygen atoms in total. The van der Waals surface area contributed by atoms with E-state index in [1.807, 2.05) is 0 Å². The minimum absolute atomic E-state index is 0.133. The molecule has 0 aliphatic heterocycles. The average molecular weight is 162 g/mol.